The molecule has 2 rings (SSSR count). The van der Waals surface area contributed by atoms with Crippen molar-refractivity contribution >= 4 is 42.3 Å². The van der Waals surface area contributed by atoms with E-state index in [0.717, 1.165) is 5.56 Å². The van der Waals surface area contributed by atoms with Gasteiger partial charge in [-0.1, -0.05) is 30.3 Å². The van der Waals surface area contributed by atoms with Gasteiger partial charge in [-0.05, 0) is 37.7 Å². The molecule has 1 aromatic carbocycles. The van der Waals surface area contributed by atoms with Gasteiger partial charge in [0, 0.05) is 18.8 Å². The molecule has 0 aliphatic carbocycles. The van der Waals surface area contributed by atoms with Crippen LogP contribution in [0.1, 0.15) is 31.2 Å². The molecular formula is C23H35N7O5S. The van der Waals surface area contributed by atoms with Gasteiger partial charge in [0.25, 0.3) is 0 Å². The van der Waals surface area contributed by atoms with Gasteiger partial charge in [-0.2, -0.15) is 12.6 Å². The molecule has 198 valence electrons. The number of hydrogen-bond donors (Lipinski definition) is 7. The summed E-state index contributed by atoms with van der Waals surface area (Å²) in [4.78, 5) is 55.5. The molecule has 13 heteroatoms. The minimum atomic E-state index is -1.10. The van der Waals surface area contributed by atoms with Crippen molar-refractivity contribution in [1.29, 1.82) is 0 Å². The summed E-state index contributed by atoms with van der Waals surface area (Å²) in [7, 11) is 0. The molecule has 0 aromatic heterocycles. The van der Waals surface area contributed by atoms with Crippen LogP contribution in [0.15, 0.2) is 35.3 Å². The molecule has 0 bridgehead atoms. The number of thiol groups is 1. The highest BCUT2D eigenvalue weighted by Gasteiger charge is 2.38. The van der Waals surface area contributed by atoms with Crippen molar-refractivity contribution in [3.05, 3.63) is 35.9 Å². The summed E-state index contributed by atoms with van der Waals surface area (Å²) >= 11 is 4.17. The largest absolute Gasteiger partial charge is 0.480 e. The summed E-state index contributed by atoms with van der Waals surface area (Å²) in [5.41, 5.74) is 17.6. The maximum absolute atomic E-state index is 13.2. The van der Waals surface area contributed by atoms with E-state index in [9.17, 15) is 24.3 Å². The summed E-state index contributed by atoms with van der Waals surface area (Å²) in [5, 5.41) is 14.7. The zero-order valence-corrected chi connectivity index (χ0v) is 20.9. The van der Waals surface area contributed by atoms with Gasteiger partial charge < -0.3 is 37.8 Å². The molecule has 0 saturated carbocycles. The van der Waals surface area contributed by atoms with Crippen molar-refractivity contribution in [2.75, 3.05) is 18.8 Å². The Kier molecular flexibility index (Phi) is 11.5. The van der Waals surface area contributed by atoms with Gasteiger partial charge in [0.1, 0.15) is 18.1 Å². The van der Waals surface area contributed by atoms with Crippen LogP contribution in [0, 0.1) is 0 Å². The number of carboxylic acids is 1. The number of carbonyl (C=O) groups excluding carboxylic acids is 3. The van der Waals surface area contributed by atoms with E-state index in [1.54, 1.807) is 0 Å². The highest BCUT2D eigenvalue weighted by Crippen LogP contribution is 2.19. The minimum absolute atomic E-state index is 0.0357. The van der Waals surface area contributed by atoms with Crippen LogP contribution in [0.25, 0.3) is 0 Å². The average Bonchev–Trinajstić information content (AvgIpc) is 3.34. The maximum Gasteiger partial charge on any atom is 0.326 e. The molecule has 1 aliphatic heterocycles. The van der Waals surface area contributed by atoms with Crippen molar-refractivity contribution in [2.24, 2.45) is 22.2 Å². The number of carboxylic acid groups (broad SMARTS) is 1. The van der Waals surface area contributed by atoms with Crippen molar-refractivity contribution in [3.8, 4) is 0 Å². The maximum atomic E-state index is 13.2. The lowest BCUT2D eigenvalue weighted by atomic mass is 10.1. The monoisotopic (exact) mass is 521 g/mol. The third kappa shape index (κ3) is 8.72. The first-order valence-electron chi connectivity index (χ1n) is 11.7. The number of nitrogens with two attached hydrogens (primary N) is 3. The van der Waals surface area contributed by atoms with E-state index in [2.05, 4.69) is 28.3 Å². The zero-order valence-electron chi connectivity index (χ0n) is 20.0. The number of aliphatic imine (C=N–C) groups is 1. The molecule has 3 amide bonds. The molecule has 1 heterocycles. The van der Waals surface area contributed by atoms with Gasteiger partial charge >= 0.3 is 5.97 Å². The normalized spacial score (nSPS) is 17.5. The van der Waals surface area contributed by atoms with Crippen molar-refractivity contribution in [1.82, 2.24) is 15.5 Å². The topological polar surface area (TPSA) is 206 Å². The molecular weight excluding hydrogens is 486 g/mol. The Morgan fingerprint density at radius 1 is 1.11 bits per heavy atom. The number of carbonyl (C=O) groups is 4. The van der Waals surface area contributed by atoms with Crippen molar-refractivity contribution in [2.45, 2.75) is 56.3 Å². The highest BCUT2D eigenvalue weighted by molar-refractivity contribution is 7.80. The third-order valence-electron chi connectivity index (χ3n) is 5.83. The first-order valence-corrected chi connectivity index (χ1v) is 12.4. The van der Waals surface area contributed by atoms with E-state index in [4.69, 9.17) is 17.2 Å². The quantitative estimate of drug-likeness (QED) is 0.0708. The van der Waals surface area contributed by atoms with E-state index in [1.165, 1.54) is 4.90 Å². The summed E-state index contributed by atoms with van der Waals surface area (Å²) in [6.07, 6.45) is 1.70. The number of guanidine groups is 1. The SMILES string of the molecule is NC(N)=NCCCC(NC(=O)C(CS)NC(=O)C(N)Cc1ccccc1)C(=O)N1CCCC1C(=O)O. The van der Waals surface area contributed by atoms with Crippen LogP contribution in [0.3, 0.4) is 0 Å². The molecule has 12 nitrogen and oxygen atoms in total. The van der Waals surface area contributed by atoms with Crippen molar-refractivity contribution < 1.29 is 24.3 Å². The van der Waals surface area contributed by atoms with Gasteiger partial charge in [-0.3, -0.25) is 19.4 Å². The Morgan fingerprint density at radius 3 is 2.39 bits per heavy atom. The second kappa shape index (κ2) is 14.3. The Hall–Kier alpha value is -3.32. The Bertz CT molecular complexity index is 942. The Labute approximate surface area is 215 Å². The number of nitrogens with zero attached hydrogens (tertiary/aromatic N) is 2. The number of rotatable bonds is 13. The number of benzene rings is 1. The van der Waals surface area contributed by atoms with Crippen LogP contribution in [-0.2, 0) is 25.6 Å². The second-order valence-electron chi connectivity index (χ2n) is 8.58. The van der Waals surface area contributed by atoms with E-state index in [1.807, 2.05) is 30.3 Å². The molecule has 1 saturated heterocycles. The predicted octanol–water partition coefficient (Wildman–Crippen LogP) is -1.41. The number of nitrogens with one attached hydrogen (secondary N) is 2. The first kappa shape index (κ1) is 28.9. The lowest BCUT2D eigenvalue weighted by Crippen LogP contribution is -2.57. The van der Waals surface area contributed by atoms with Crippen LogP contribution < -0.4 is 27.8 Å². The predicted molar refractivity (Wildman–Crippen MR) is 138 cm³/mol. The lowest BCUT2D eigenvalue weighted by Gasteiger charge is -2.28. The summed E-state index contributed by atoms with van der Waals surface area (Å²) < 4.78 is 0. The summed E-state index contributed by atoms with van der Waals surface area (Å²) in [6.45, 7) is 0.503. The average molecular weight is 522 g/mol. The Morgan fingerprint density at radius 2 is 1.78 bits per heavy atom. The summed E-state index contributed by atoms with van der Waals surface area (Å²) in [5.74, 6) is -2.91. The molecule has 1 fully saturated rings. The van der Waals surface area contributed by atoms with Crippen LogP contribution in [0.5, 0.6) is 0 Å². The minimum Gasteiger partial charge on any atom is -0.480 e. The van der Waals surface area contributed by atoms with E-state index >= 15 is 0 Å². The zero-order chi connectivity index (χ0) is 26.7. The first-order chi connectivity index (χ1) is 17.1. The second-order valence-corrected chi connectivity index (χ2v) is 8.94. The standard InChI is InChI=1S/C23H35N7O5S/c24-15(12-14-6-2-1-3-7-14)19(31)29-17(13-36)20(32)28-16(8-4-10-27-23(25)26)21(33)30-11-5-9-18(30)22(34)35/h1-3,6-7,15-18,36H,4-5,8-13,24H2,(H,28,32)(H,29,31)(H,34,35)(H4,25,26,27). The van der Waals surface area contributed by atoms with Crippen LogP contribution in [0.4, 0.5) is 0 Å². The van der Waals surface area contributed by atoms with Crippen LogP contribution in [0.2, 0.25) is 0 Å². The molecule has 1 aromatic rings. The highest BCUT2D eigenvalue weighted by atomic mass is 32.1. The number of likely N-dealkylation sites (tertiary alicyclic amines) is 1. The Balaban J connectivity index is 2.06. The fourth-order valence-corrected chi connectivity index (χ4v) is 4.21. The fourth-order valence-electron chi connectivity index (χ4n) is 3.95. The number of hydrogen-bond acceptors (Lipinski definition) is 7. The molecule has 0 spiro atoms. The van der Waals surface area contributed by atoms with E-state index in [0.29, 0.717) is 19.3 Å². The van der Waals surface area contributed by atoms with Gasteiger partial charge in [0.05, 0.1) is 6.04 Å². The van der Waals surface area contributed by atoms with Gasteiger partial charge in [-0.25, -0.2) is 4.79 Å². The lowest BCUT2D eigenvalue weighted by molar-refractivity contribution is -0.149. The smallest absolute Gasteiger partial charge is 0.326 e. The number of amides is 3. The van der Waals surface area contributed by atoms with Crippen molar-refractivity contribution in [3.63, 3.8) is 0 Å². The van der Waals surface area contributed by atoms with Gasteiger partial charge in [0.2, 0.25) is 17.7 Å². The van der Waals surface area contributed by atoms with Gasteiger partial charge in [-0.15, -0.1) is 0 Å². The van der Waals surface area contributed by atoms with Gasteiger partial charge in [0.15, 0.2) is 5.96 Å². The van der Waals surface area contributed by atoms with E-state index < -0.39 is 47.9 Å². The molecule has 36 heavy (non-hydrogen) atoms. The van der Waals surface area contributed by atoms with Crippen LogP contribution >= 0.6 is 12.6 Å². The molecule has 1 aliphatic rings. The molecule has 9 N–H and O–H groups in total. The third-order valence-corrected chi connectivity index (χ3v) is 6.20. The van der Waals surface area contributed by atoms with Crippen LogP contribution in [-0.4, -0.2) is 82.7 Å². The summed E-state index contributed by atoms with van der Waals surface area (Å²) in [6, 6.07) is 5.30. The molecule has 4 atom stereocenters. The molecule has 0 radical (unpaired) electrons. The van der Waals surface area contributed by atoms with E-state index in [-0.39, 0.29) is 37.6 Å². The molecule has 4 unspecified atom stereocenters. The fraction of sp³-hybridized carbons (Fsp3) is 0.522. The number of aliphatic carboxylic acids is 1.